The van der Waals surface area contributed by atoms with E-state index in [2.05, 4.69) is 0 Å². The van der Waals surface area contributed by atoms with E-state index >= 15 is 0 Å². The van der Waals surface area contributed by atoms with Gasteiger partial charge in [0.2, 0.25) is 0 Å². The summed E-state index contributed by atoms with van der Waals surface area (Å²) in [7, 11) is 0. The number of rotatable bonds is 3. The Morgan fingerprint density at radius 1 is 1.00 bits per heavy atom. The maximum atomic E-state index is 13.2. The van der Waals surface area contributed by atoms with E-state index in [-0.39, 0.29) is 12.4 Å². The van der Waals surface area contributed by atoms with Crippen molar-refractivity contribution in [1.29, 1.82) is 0 Å². The highest BCUT2D eigenvalue weighted by molar-refractivity contribution is 6.31. The van der Waals surface area contributed by atoms with Crippen LogP contribution in [0.3, 0.4) is 0 Å². The molecule has 0 fully saturated rings. The van der Waals surface area contributed by atoms with Gasteiger partial charge < -0.3 is 10.5 Å². The first kappa shape index (κ1) is 13.7. The molecular formula is C17H13ClFNO. The van der Waals surface area contributed by atoms with Crippen molar-refractivity contribution in [2.45, 2.75) is 6.61 Å². The summed E-state index contributed by atoms with van der Waals surface area (Å²) in [5.41, 5.74) is 7.26. The van der Waals surface area contributed by atoms with Crippen LogP contribution >= 0.6 is 11.6 Å². The zero-order valence-corrected chi connectivity index (χ0v) is 11.9. The summed E-state index contributed by atoms with van der Waals surface area (Å²) >= 11 is 6.04. The predicted molar refractivity (Wildman–Crippen MR) is 84.1 cm³/mol. The lowest BCUT2D eigenvalue weighted by Crippen LogP contribution is -1.98. The largest absolute Gasteiger partial charge is 0.488 e. The van der Waals surface area contributed by atoms with Crippen LogP contribution in [0.25, 0.3) is 10.8 Å². The fourth-order valence-corrected chi connectivity index (χ4v) is 2.40. The highest BCUT2D eigenvalue weighted by atomic mass is 35.5. The van der Waals surface area contributed by atoms with Crippen molar-refractivity contribution in [2.24, 2.45) is 0 Å². The van der Waals surface area contributed by atoms with Crippen LogP contribution in [-0.2, 0) is 6.61 Å². The summed E-state index contributed by atoms with van der Waals surface area (Å²) in [6.07, 6.45) is 0. The highest BCUT2D eigenvalue weighted by Gasteiger charge is 2.07. The molecule has 3 aromatic carbocycles. The fourth-order valence-electron chi connectivity index (χ4n) is 2.23. The molecule has 3 aromatic rings. The molecule has 3 rings (SSSR count). The van der Waals surface area contributed by atoms with Gasteiger partial charge in [0.25, 0.3) is 0 Å². The third-order valence-electron chi connectivity index (χ3n) is 3.31. The number of fused-ring (bicyclic) bond motifs is 1. The quantitative estimate of drug-likeness (QED) is 0.706. The first-order valence-electron chi connectivity index (χ1n) is 6.49. The second-order valence-corrected chi connectivity index (χ2v) is 5.13. The van der Waals surface area contributed by atoms with Gasteiger partial charge in [0.05, 0.1) is 0 Å². The van der Waals surface area contributed by atoms with Crippen molar-refractivity contribution >= 4 is 28.1 Å². The Morgan fingerprint density at radius 2 is 1.76 bits per heavy atom. The molecule has 2 nitrogen and oxygen atoms in total. The van der Waals surface area contributed by atoms with Crippen molar-refractivity contribution in [3.8, 4) is 5.75 Å². The number of hydrogen-bond acceptors (Lipinski definition) is 2. The summed E-state index contributed by atoms with van der Waals surface area (Å²) in [6, 6.07) is 15.6. The Labute approximate surface area is 126 Å². The molecule has 0 saturated heterocycles. The van der Waals surface area contributed by atoms with E-state index in [4.69, 9.17) is 22.1 Å². The normalized spacial score (nSPS) is 10.8. The van der Waals surface area contributed by atoms with Crippen molar-refractivity contribution in [3.05, 3.63) is 71.0 Å². The summed E-state index contributed by atoms with van der Waals surface area (Å²) in [5.74, 6) is 0.361. The van der Waals surface area contributed by atoms with Crippen LogP contribution in [0.5, 0.6) is 5.75 Å². The smallest absolute Gasteiger partial charge is 0.127 e. The van der Waals surface area contributed by atoms with Crippen molar-refractivity contribution in [1.82, 2.24) is 0 Å². The minimum Gasteiger partial charge on any atom is -0.488 e. The second kappa shape index (κ2) is 5.62. The summed E-state index contributed by atoms with van der Waals surface area (Å²) in [6.45, 7) is 0.199. The third kappa shape index (κ3) is 2.78. The van der Waals surface area contributed by atoms with Gasteiger partial charge >= 0.3 is 0 Å². The zero-order valence-electron chi connectivity index (χ0n) is 11.1. The number of anilines is 1. The van der Waals surface area contributed by atoms with Gasteiger partial charge in [0.1, 0.15) is 18.2 Å². The Bertz CT molecular complexity index is 804. The lowest BCUT2D eigenvalue weighted by atomic mass is 10.1. The SMILES string of the molecule is Nc1ccc(OCc2cc(F)ccc2Cl)c2ccccc12. The molecule has 0 aliphatic heterocycles. The van der Waals surface area contributed by atoms with Gasteiger partial charge in [-0.05, 0) is 30.3 Å². The van der Waals surface area contributed by atoms with E-state index in [9.17, 15) is 4.39 Å². The van der Waals surface area contributed by atoms with Crippen LogP contribution in [0.1, 0.15) is 5.56 Å². The Balaban J connectivity index is 1.92. The molecule has 2 N–H and O–H groups in total. The van der Waals surface area contributed by atoms with Gasteiger partial charge in [-0.1, -0.05) is 35.9 Å². The van der Waals surface area contributed by atoms with Crippen LogP contribution in [0.15, 0.2) is 54.6 Å². The highest BCUT2D eigenvalue weighted by Crippen LogP contribution is 2.31. The average Bonchev–Trinajstić information content (AvgIpc) is 2.50. The molecule has 21 heavy (non-hydrogen) atoms. The van der Waals surface area contributed by atoms with Gasteiger partial charge in [0.15, 0.2) is 0 Å². The van der Waals surface area contributed by atoms with Crippen molar-refractivity contribution in [2.75, 3.05) is 5.73 Å². The van der Waals surface area contributed by atoms with Crippen LogP contribution in [0.2, 0.25) is 5.02 Å². The maximum Gasteiger partial charge on any atom is 0.127 e. The lowest BCUT2D eigenvalue weighted by molar-refractivity contribution is 0.309. The summed E-state index contributed by atoms with van der Waals surface area (Å²) in [4.78, 5) is 0. The Kier molecular flexibility index (Phi) is 3.67. The molecule has 0 heterocycles. The van der Waals surface area contributed by atoms with E-state index in [0.29, 0.717) is 22.0 Å². The average molecular weight is 302 g/mol. The van der Waals surface area contributed by atoms with Gasteiger partial charge in [-0.15, -0.1) is 0 Å². The molecular weight excluding hydrogens is 289 g/mol. The molecule has 0 spiro atoms. The molecule has 0 amide bonds. The van der Waals surface area contributed by atoms with Crippen LogP contribution in [-0.4, -0.2) is 0 Å². The Hall–Kier alpha value is -2.26. The number of nitrogen functional groups attached to an aromatic ring is 1. The number of halogens is 2. The molecule has 0 aliphatic rings. The van der Waals surface area contributed by atoms with Crippen LogP contribution < -0.4 is 10.5 Å². The summed E-state index contributed by atoms with van der Waals surface area (Å²) < 4.78 is 19.0. The first-order valence-corrected chi connectivity index (χ1v) is 6.87. The fraction of sp³-hybridized carbons (Fsp3) is 0.0588. The zero-order chi connectivity index (χ0) is 14.8. The minimum absolute atomic E-state index is 0.199. The monoisotopic (exact) mass is 301 g/mol. The van der Waals surface area contributed by atoms with Crippen LogP contribution in [0, 0.1) is 5.82 Å². The van der Waals surface area contributed by atoms with E-state index in [0.717, 1.165) is 10.8 Å². The van der Waals surface area contributed by atoms with E-state index < -0.39 is 0 Å². The third-order valence-corrected chi connectivity index (χ3v) is 3.68. The molecule has 0 unspecified atom stereocenters. The summed E-state index contributed by atoms with van der Waals surface area (Å²) in [5, 5.41) is 2.33. The van der Waals surface area contributed by atoms with Gasteiger partial charge in [-0.25, -0.2) is 4.39 Å². The second-order valence-electron chi connectivity index (χ2n) is 4.72. The lowest BCUT2D eigenvalue weighted by Gasteiger charge is -2.11. The number of ether oxygens (including phenoxy) is 1. The molecule has 4 heteroatoms. The maximum absolute atomic E-state index is 13.2. The molecule has 0 aliphatic carbocycles. The van der Waals surface area contributed by atoms with Gasteiger partial charge in [0, 0.05) is 27.0 Å². The molecule has 0 saturated carbocycles. The topological polar surface area (TPSA) is 35.2 Å². The number of benzene rings is 3. The number of hydrogen-bond donors (Lipinski definition) is 1. The Morgan fingerprint density at radius 3 is 2.57 bits per heavy atom. The molecule has 0 bridgehead atoms. The van der Waals surface area contributed by atoms with Gasteiger partial charge in [-0.2, -0.15) is 0 Å². The predicted octanol–water partition coefficient (Wildman–Crippen LogP) is 4.79. The standard InChI is InChI=1S/C17H13ClFNO/c18-15-6-5-12(19)9-11(15)10-21-17-8-7-16(20)13-3-1-2-4-14(13)17/h1-9H,10,20H2. The van der Waals surface area contributed by atoms with Crippen molar-refractivity contribution < 1.29 is 9.13 Å². The van der Waals surface area contributed by atoms with Crippen LogP contribution in [0.4, 0.5) is 10.1 Å². The minimum atomic E-state index is -0.333. The molecule has 0 aromatic heterocycles. The molecule has 0 radical (unpaired) electrons. The van der Waals surface area contributed by atoms with Gasteiger partial charge in [-0.3, -0.25) is 0 Å². The molecule has 0 atom stereocenters. The first-order chi connectivity index (χ1) is 10.1. The molecule has 106 valence electrons. The van der Waals surface area contributed by atoms with E-state index in [1.807, 2.05) is 30.3 Å². The van der Waals surface area contributed by atoms with E-state index in [1.165, 1.54) is 18.2 Å². The van der Waals surface area contributed by atoms with Crippen molar-refractivity contribution in [3.63, 3.8) is 0 Å². The van der Waals surface area contributed by atoms with E-state index in [1.54, 1.807) is 6.07 Å². The number of nitrogens with two attached hydrogens (primary N) is 1.